The Bertz CT molecular complexity index is 1660. The Kier molecular flexibility index (Phi) is 6.94. The lowest BCUT2D eigenvalue weighted by Gasteiger charge is -2.15. The molecule has 1 amide bonds. The summed E-state index contributed by atoms with van der Waals surface area (Å²) < 4.78 is 35.0. The van der Waals surface area contributed by atoms with Gasteiger partial charge in [-0.25, -0.2) is 18.6 Å². The highest BCUT2D eigenvalue weighted by Gasteiger charge is 2.25. The first kappa shape index (κ1) is 25.5. The van der Waals surface area contributed by atoms with Gasteiger partial charge in [0.1, 0.15) is 23.5 Å². The Morgan fingerprint density at radius 3 is 2.63 bits per heavy atom. The standard InChI is InChI=1S/C27H28FN7O2S/c1-3-21(36)30-14-17-7-9-18(10-8-17)25-22(23-26(29)32-16-33-27(23)35(25)2)24-20(28)13-19(15-31-24)34-38(37)11-5-4-6-12-38/h3,7-10,13,15-16H,1,4-6,11-12,14H2,2H3,(H,30,36)(H2,29,32,33). The summed E-state index contributed by atoms with van der Waals surface area (Å²) in [4.78, 5) is 24.5. The molecule has 9 nitrogen and oxygen atoms in total. The zero-order valence-corrected chi connectivity index (χ0v) is 21.8. The third-order valence-electron chi connectivity index (χ3n) is 6.64. The molecular formula is C27H28FN7O2S. The quantitative estimate of drug-likeness (QED) is 0.351. The maximum atomic E-state index is 15.7. The first-order valence-electron chi connectivity index (χ1n) is 12.3. The SMILES string of the molecule is C=CC(=O)NCc1ccc(-c2c(-c3ncc(N=S4(=O)CCCCC4)cc3F)c3c(N)ncnc3n2C)cc1. The minimum atomic E-state index is -2.40. The topological polar surface area (TPSA) is 128 Å². The third kappa shape index (κ3) is 4.89. The second kappa shape index (κ2) is 10.3. The van der Waals surface area contributed by atoms with Crippen LogP contribution in [-0.2, 0) is 28.1 Å². The van der Waals surface area contributed by atoms with Gasteiger partial charge >= 0.3 is 0 Å². The minimum Gasteiger partial charge on any atom is -0.383 e. The van der Waals surface area contributed by atoms with E-state index in [1.54, 1.807) is 0 Å². The van der Waals surface area contributed by atoms with Gasteiger partial charge in [0.25, 0.3) is 0 Å². The monoisotopic (exact) mass is 533 g/mol. The fraction of sp³-hybridized carbons (Fsp3) is 0.259. The summed E-state index contributed by atoms with van der Waals surface area (Å²) in [6.45, 7) is 3.80. The van der Waals surface area contributed by atoms with Crippen LogP contribution in [0.5, 0.6) is 0 Å². The van der Waals surface area contributed by atoms with Crippen LogP contribution in [0.15, 0.2) is 59.9 Å². The molecule has 1 aliphatic heterocycles. The number of nitrogens with zero attached hydrogens (tertiary/aromatic N) is 5. The van der Waals surface area contributed by atoms with Gasteiger partial charge < -0.3 is 15.6 Å². The van der Waals surface area contributed by atoms with E-state index in [1.807, 2.05) is 35.9 Å². The van der Waals surface area contributed by atoms with E-state index in [1.165, 1.54) is 24.7 Å². The molecule has 38 heavy (non-hydrogen) atoms. The molecule has 4 heterocycles. The molecule has 3 N–H and O–H groups in total. The lowest BCUT2D eigenvalue weighted by molar-refractivity contribution is -0.116. The number of rotatable bonds is 6. The molecule has 11 heteroatoms. The number of aromatic nitrogens is 4. The van der Waals surface area contributed by atoms with Crippen molar-refractivity contribution in [1.29, 1.82) is 0 Å². The van der Waals surface area contributed by atoms with Gasteiger partial charge in [-0.2, -0.15) is 4.36 Å². The van der Waals surface area contributed by atoms with Crippen LogP contribution in [0.3, 0.4) is 0 Å². The van der Waals surface area contributed by atoms with Crippen molar-refractivity contribution in [2.45, 2.75) is 25.8 Å². The lowest BCUT2D eigenvalue weighted by Crippen LogP contribution is -2.19. The molecule has 1 aromatic carbocycles. The molecule has 1 aliphatic rings. The molecule has 1 fully saturated rings. The molecule has 0 radical (unpaired) electrons. The van der Waals surface area contributed by atoms with Gasteiger partial charge in [0.05, 0.1) is 32.7 Å². The van der Waals surface area contributed by atoms with Crippen molar-refractivity contribution in [3.05, 3.63) is 66.9 Å². The number of nitrogen functional groups attached to an aromatic ring is 1. The van der Waals surface area contributed by atoms with Crippen molar-refractivity contribution in [1.82, 2.24) is 24.8 Å². The highest BCUT2D eigenvalue weighted by Crippen LogP contribution is 2.42. The number of nitrogens with two attached hydrogens (primary N) is 1. The number of carbonyl (C=O) groups is 1. The van der Waals surface area contributed by atoms with Crippen molar-refractivity contribution >= 4 is 38.2 Å². The Balaban J connectivity index is 1.62. The molecule has 5 rings (SSSR count). The molecule has 4 aromatic rings. The Hall–Kier alpha value is -4.12. The van der Waals surface area contributed by atoms with Crippen LogP contribution in [0.2, 0.25) is 0 Å². The Morgan fingerprint density at radius 1 is 1.21 bits per heavy atom. The van der Waals surface area contributed by atoms with E-state index in [0.717, 1.165) is 30.4 Å². The number of carbonyl (C=O) groups excluding carboxylic acids is 1. The summed E-state index contributed by atoms with van der Waals surface area (Å²) >= 11 is 0. The molecule has 1 saturated heterocycles. The van der Waals surface area contributed by atoms with Crippen molar-refractivity contribution < 1.29 is 13.4 Å². The lowest BCUT2D eigenvalue weighted by atomic mass is 10.0. The number of benzene rings is 1. The van der Waals surface area contributed by atoms with E-state index in [2.05, 4.69) is 31.2 Å². The van der Waals surface area contributed by atoms with Crippen LogP contribution < -0.4 is 11.1 Å². The van der Waals surface area contributed by atoms with Crippen LogP contribution in [0.25, 0.3) is 33.5 Å². The van der Waals surface area contributed by atoms with Crippen molar-refractivity contribution in [3.8, 4) is 22.5 Å². The molecule has 0 atom stereocenters. The highest BCUT2D eigenvalue weighted by atomic mass is 32.2. The zero-order valence-electron chi connectivity index (χ0n) is 21.0. The molecule has 0 unspecified atom stereocenters. The predicted octanol–water partition coefficient (Wildman–Crippen LogP) is 4.50. The van der Waals surface area contributed by atoms with Gasteiger partial charge in [0, 0.05) is 36.7 Å². The largest absolute Gasteiger partial charge is 0.383 e. The normalized spacial score (nSPS) is 14.8. The second-order valence-corrected chi connectivity index (χ2v) is 11.8. The van der Waals surface area contributed by atoms with Crippen molar-refractivity contribution in [2.24, 2.45) is 11.4 Å². The first-order chi connectivity index (χ1) is 18.3. The van der Waals surface area contributed by atoms with Gasteiger partial charge in [-0.3, -0.25) is 9.78 Å². The van der Waals surface area contributed by atoms with Crippen molar-refractivity contribution in [2.75, 3.05) is 17.2 Å². The summed E-state index contributed by atoms with van der Waals surface area (Å²) in [5.41, 5.74) is 9.90. The molecular weight excluding hydrogens is 505 g/mol. The molecule has 0 spiro atoms. The smallest absolute Gasteiger partial charge is 0.243 e. The van der Waals surface area contributed by atoms with Crippen LogP contribution in [-0.4, -0.2) is 41.1 Å². The Morgan fingerprint density at radius 2 is 1.95 bits per heavy atom. The summed E-state index contributed by atoms with van der Waals surface area (Å²) in [7, 11) is -0.579. The average Bonchev–Trinajstić information content (AvgIpc) is 3.21. The summed E-state index contributed by atoms with van der Waals surface area (Å²) in [6.07, 6.45) is 6.78. The van der Waals surface area contributed by atoms with Crippen LogP contribution in [0.1, 0.15) is 24.8 Å². The number of fused-ring (bicyclic) bond motifs is 1. The number of anilines is 1. The van der Waals surface area contributed by atoms with E-state index >= 15 is 4.39 Å². The maximum Gasteiger partial charge on any atom is 0.243 e. The summed E-state index contributed by atoms with van der Waals surface area (Å²) in [6, 6.07) is 8.79. The first-order valence-corrected chi connectivity index (χ1v) is 14.1. The second-order valence-electron chi connectivity index (χ2n) is 9.22. The highest BCUT2D eigenvalue weighted by molar-refractivity contribution is 7.93. The Labute approximate surface area is 220 Å². The fourth-order valence-electron chi connectivity index (χ4n) is 4.77. The van der Waals surface area contributed by atoms with Crippen molar-refractivity contribution in [3.63, 3.8) is 0 Å². The van der Waals surface area contributed by atoms with Gasteiger partial charge in [-0.05, 0) is 30.0 Å². The van der Waals surface area contributed by atoms with Gasteiger partial charge in [-0.15, -0.1) is 0 Å². The van der Waals surface area contributed by atoms with Gasteiger partial charge in [0.2, 0.25) is 5.91 Å². The number of hydrogen-bond donors (Lipinski definition) is 2. The summed E-state index contributed by atoms with van der Waals surface area (Å²) in [5.74, 6) is 0.376. The number of pyridine rings is 1. The minimum absolute atomic E-state index is 0.0759. The summed E-state index contributed by atoms with van der Waals surface area (Å²) in [5, 5.41) is 3.23. The van der Waals surface area contributed by atoms with E-state index < -0.39 is 15.5 Å². The fourth-order valence-corrected chi connectivity index (χ4v) is 6.95. The number of nitrogens with one attached hydrogen (secondary N) is 1. The van der Waals surface area contributed by atoms with Crippen LogP contribution in [0, 0.1) is 5.82 Å². The third-order valence-corrected chi connectivity index (χ3v) is 9.03. The number of hydrogen-bond acceptors (Lipinski definition) is 7. The maximum absolute atomic E-state index is 15.7. The predicted molar refractivity (Wildman–Crippen MR) is 147 cm³/mol. The number of aryl methyl sites for hydroxylation is 1. The van der Waals surface area contributed by atoms with E-state index in [9.17, 15) is 9.00 Å². The molecule has 0 saturated carbocycles. The van der Waals surface area contributed by atoms with E-state index in [0.29, 0.717) is 40.3 Å². The van der Waals surface area contributed by atoms with Gasteiger partial charge in [0.15, 0.2) is 5.82 Å². The number of amides is 1. The number of halogens is 1. The van der Waals surface area contributed by atoms with E-state index in [4.69, 9.17) is 5.73 Å². The molecule has 196 valence electrons. The molecule has 0 bridgehead atoms. The zero-order chi connectivity index (χ0) is 26.9. The van der Waals surface area contributed by atoms with Crippen LogP contribution >= 0.6 is 0 Å². The van der Waals surface area contributed by atoms with Gasteiger partial charge in [-0.1, -0.05) is 37.3 Å². The van der Waals surface area contributed by atoms with Crippen LogP contribution in [0.4, 0.5) is 15.9 Å². The molecule has 0 aliphatic carbocycles. The molecule has 3 aromatic heterocycles. The average molecular weight is 534 g/mol. The van der Waals surface area contributed by atoms with E-state index in [-0.39, 0.29) is 23.1 Å².